The molecule has 1 N–H and O–H groups in total. The lowest BCUT2D eigenvalue weighted by Crippen LogP contribution is -2.48. The third kappa shape index (κ3) is 12.0. The van der Waals surface area contributed by atoms with Crippen LogP contribution >= 0.6 is 11.8 Å². The number of carbonyl (C=O) groups excluding carboxylic acids is 2. The maximum atomic E-state index is 13.5. The number of ether oxygens (including phenoxy) is 2. The Morgan fingerprint density at radius 2 is 1.52 bits per heavy atom. The Kier molecular flexibility index (Phi) is 11.4. The quantitative estimate of drug-likeness (QED) is 0.247. The van der Waals surface area contributed by atoms with Crippen molar-refractivity contribution in [3.05, 3.63) is 0 Å². The summed E-state index contributed by atoms with van der Waals surface area (Å²) in [7, 11) is -1.37. The number of amides is 1. The van der Waals surface area contributed by atoms with Crippen LogP contribution in [0.5, 0.6) is 0 Å². The topological polar surface area (TPSA) is 73.9 Å². The number of alkyl carbamates (subject to hydrolysis) is 1. The largest absolute Gasteiger partial charge is 0.467 e. The van der Waals surface area contributed by atoms with Gasteiger partial charge in [-0.3, -0.25) is 0 Å². The molecule has 0 aliphatic carbocycles. The number of hydrogen-bond acceptors (Lipinski definition) is 6. The number of nitrogens with one attached hydrogen (secondary N) is 1. The molecule has 0 aliphatic rings. The Balaban J connectivity index is 4.76. The number of alkyl halides is 3. The molecule has 0 aromatic rings. The monoisotopic (exact) mass is 489 g/mol. The van der Waals surface area contributed by atoms with Crippen molar-refractivity contribution >= 4 is 32.1 Å². The zero-order valence-electron chi connectivity index (χ0n) is 20.1. The Hall–Kier alpha value is -0.943. The summed E-state index contributed by atoms with van der Waals surface area (Å²) in [4.78, 5) is 23.8. The van der Waals surface area contributed by atoms with Gasteiger partial charge in [0, 0.05) is 0 Å². The Bertz CT molecular complexity index is 589. The van der Waals surface area contributed by atoms with Crippen molar-refractivity contribution in [1.82, 2.24) is 5.32 Å². The molecule has 1 amide bonds. The van der Waals surface area contributed by atoms with Crippen LogP contribution < -0.4 is 5.32 Å². The highest BCUT2D eigenvalue weighted by Crippen LogP contribution is 2.40. The molecule has 31 heavy (non-hydrogen) atoms. The van der Waals surface area contributed by atoms with Crippen molar-refractivity contribution in [2.24, 2.45) is 0 Å². The van der Waals surface area contributed by atoms with Gasteiger partial charge in [-0.2, -0.15) is 24.9 Å². The Morgan fingerprint density at radius 3 is 1.94 bits per heavy atom. The average Bonchev–Trinajstić information content (AvgIpc) is 2.54. The van der Waals surface area contributed by atoms with Gasteiger partial charge in [0.25, 0.3) is 0 Å². The van der Waals surface area contributed by atoms with Crippen molar-refractivity contribution in [3.8, 4) is 0 Å². The lowest BCUT2D eigenvalue weighted by atomic mass is 10.2. The van der Waals surface area contributed by atoms with E-state index in [1.54, 1.807) is 33.9 Å². The number of hydrogen-bond donors (Lipinski definition) is 1. The van der Waals surface area contributed by atoms with E-state index in [0.29, 0.717) is 5.75 Å². The first-order chi connectivity index (χ1) is 13.8. The summed E-state index contributed by atoms with van der Waals surface area (Å²) in [6.45, 7) is 14.4. The second-order valence-corrected chi connectivity index (χ2v) is 15.8. The molecule has 0 radical (unpaired) electrons. The molecule has 2 atom stereocenters. The molecule has 0 aromatic carbocycles. The molecule has 0 rings (SSSR count). The summed E-state index contributed by atoms with van der Waals surface area (Å²) in [5, 5.41) is 2.12. The van der Waals surface area contributed by atoms with Gasteiger partial charge < -0.3 is 19.2 Å². The SMILES string of the molecule is COC(=O)[C@H](CCSCCC(O[Si](C)(C)C(C)(C)C)C(F)(F)F)NC(=O)OC(C)(C)C. The molecule has 0 heterocycles. The molecule has 1 unspecified atom stereocenters. The predicted molar refractivity (Wildman–Crippen MR) is 120 cm³/mol. The van der Waals surface area contributed by atoms with Gasteiger partial charge in [-0.1, -0.05) is 20.8 Å². The summed E-state index contributed by atoms with van der Waals surface area (Å²) >= 11 is 1.26. The highest BCUT2D eigenvalue weighted by Gasteiger charge is 2.47. The molecule has 0 saturated heterocycles. The van der Waals surface area contributed by atoms with Crippen LogP contribution in [-0.2, 0) is 18.7 Å². The van der Waals surface area contributed by atoms with Crippen molar-refractivity contribution in [2.75, 3.05) is 18.6 Å². The van der Waals surface area contributed by atoms with Crippen molar-refractivity contribution in [2.45, 2.75) is 96.4 Å². The van der Waals surface area contributed by atoms with E-state index in [9.17, 15) is 22.8 Å². The summed E-state index contributed by atoms with van der Waals surface area (Å²) in [5.41, 5.74) is -0.726. The fourth-order valence-electron chi connectivity index (χ4n) is 2.16. The first kappa shape index (κ1) is 30.1. The van der Waals surface area contributed by atoms with Gasteiger partial charge in [0.05, 0.1) is 7.11 Å². The molecule has 0 fully saturated rings. The average molecular weight is 490 g/mol. The van der Waals surface area contributed by atoms with Crippen LogP contribution in [0.15, 0.2) is 0 Å². The molecule has 11 heteroatoms. The summed E-state index contributed by atoms with van der Waals surface area (Å²) in [6, 6.07) is -0.936. The highest BCUT2D eigenvalue weighted by atomic mass is 32.2. The third-order valence-electron chi connectivity index (χ3n) is 4.86. The molecule has 0 bridgehead atoms. The lowest BCUT2D eigenvalue weighted by molar-refractivity contribution is -0.198. The molecule has 0 spiro atoms. The van der Waals surface area contributed by atoms with Crippen molar-refractivity contribution in [3.63, 3.8) is 0 Å². The molecule has 6 nitrogen and oxygen atoms in total. The number of thioether (sulfide) groups is 1. The van der Waals surface area contributed by atoms with E-state index >= 15 is 0 Å². The van der Waals surface area contributed by atoms with Gasteiger partial charge >= 0.3 is 18.2 Å². The summed E-state index contributed by atoms with van der Waals surface area (Å²) in [5.74, 6) is -0.0693. The smallest absolute Gasteiger partial charge is 0.413 e. The number of methoxy groups -OCH3 is 1. The zero-order valence-corrected chi connectivity index (χ0v) is 21.9. The van der Waals surface area contributed by atoms with E-state index in [1.807, 2.05) is 20.8 Å². The number of carbonyl (C=O) groups is 2. The lowest BCUT2D eigenvalue weighted by Gasteiger charge is -2.39. The van der Waals surface area contributed by atoms with Crippen molar-refractivity contribution < 1.29 is 36.7 Å². The first-order valence-corrected chi connectivity index (χ1v) is 14.3. The minimum absolute atomic E-state index is 0.178. The zero-order chi connectivity index (χ0) is 24.7. The van der Waals surface area contributed by atoms with Crippen LogP contribution in [0, 0.1) is 0 Å². The van der Waals surface area contributed by atoms with E-state index in [0.717, 1.165) is 0 Å². The molecule has 0 saturated carbocycles. The van der Waals surface area contributed by atoms with Crippen LogP contribution in [0.3, 0.4) is 0 Å². The van der Waals surface area contributed by atoms with Gasteiger partial charge in [-0.15, -0.1) is 0 Å². The fraction of sp³-hybridized carbons (Fsp3) is 0.900. The number of esters is 1. The second-order valence-electron chi connectivity index (χ2n) is 9.82. The summed E-state index contributed by atoms with van der Waals surface area (Å²) < 4.78 is 55.8. The standard InChI is InChI=1S/C20H38F3NO5SSi/c1-18(2,3)28-17(26)24-14(16(25)27-7)10-12-30-13-11-15(20(21,22)23)29-31(8,9)19(4,5)6/h14-15H,10-13H2,1-9H3,(H,24,26)/t14-,15?/m0/s1. The second kappa shape index (κ2) is 11.8. The maximum Gasteiger partial charge on any atom is 0.413 e. The molecule has 0 aliphatic heterocycles. The first-order valence-electron chi connectivity index (χ1n) is 10.2. The molecular formula is C20H38F3NO5SSi. The van der Waals surface area contributed by atoms with E-state index in [2.05, 4.69) is 10.1 Å². The third-order valence-corrected chi connectivity index (χ3v) is 10.4. The van der Waals surface area contributed by atoms with E-state index in [-0.39, 0.29) is 23.6 Å². The minimum atomic E-state index is -4.44. The van der Waals surface area contributed by atoms with Crippen LogP contribution in [0.4, 0.5) is 18.0 Å². The minimum Gasteiger partial charge on any atom is -0.467 e. The Labute approximate surface area is 189 Å². The van der Waals surface area contributed by atoms with E-state index in [1.165, 1.54) is 18.9 Å². The predicted octanol–water partition coefficient (Wildman–Crippen LogP) is 5.52. The molecular weight excluding hydrogens is 451 g/mol. The van der Waals surface area contributed by atoms with Crippen LogP contribution in [0.2, 0.25) is 18.1 Å². The fourth-order valence-corrected chi connectivity index (χ4v) is 4.46. The van der Waals surface area contributed by atoms with E-state index in [4.69, 9.17) is 9.16 Å². The summed E-state index contributed by atoms with van der Waals surface area (Å²) in [6.07, 6.45) is -6.99. The van der Waals surface area contributed by atoms with Crippen molar-refractivity contribution in [1.29, 1.82) is 0 Å². The van der Waals surface area contributed by atoms with Gasteiger partial charge in [-0.05, 0) is 63.3 Å². The number of rotatable bonds is 10. The van der Waals surface area contributed by atoms with Gasteiger partial charge in [0.1, 0.15) is 17.7 Å². The van der Waals surface area contributed by atoms with Gasteiger partial charge in [-0.25, -0.2) is 9.59 Å². The van der Waals surface area contributed by atoms with Gasteiger partial charge in [0.15, 0.2) is 8.32 Å². The van der Waals surface area contributed by atoms with Crippen LogP contribution in [-0.4, -0.2) is 62.9 Å². The molecule has 184 valence electrons. The normalized spacial score (nSPS) is 15.2. The van der Waals surface area contributed by atoms with Crippen LogP contribution in [0.1, 0.15) is 54.4 Å². The highest BCUT2D eigenvalue weighted by molar-refractivity contribution is 7.99. The number of halogens is 3. The maximum absolute atomic E-state index is 13.5. The van der Waals surface area contributed by atoms with Gasteiger partial charge in [0.2, 0.25) is 0 Å². The molecule has 0 aromatic heterocycles. The van der Waals surface area contributed by atoms with Crippen LogP contribution in [0.25, 0.3) is 0 Å². The Morgan fingerprint density at radius 1 is 1.00 bits per heavy atom. The van der Waals surface area contributed by atoms with E-state index < -0.39 is 44.3 Å².